The summed E-state index contributed by atoms with van der Waals surface area (Å²) in [6.45, 7) is 7.57. The third-order valence-electron chi connectivity index (χ3n) is 1.97. The second-order valence-corrected chi connectivity index (χ2v) is 2.81. The van der Waals surface area contributed by atoms with Crippen LogP contribution in [0.5, 0.6) is 0 Å². The van der Waals surface area contributed by atoms with Gasteiger partial charge in [0, 0.05) is 6.54 Å². The molecule has 0 spiro atoms. The third-order valence-corrected chi connectivity index (χ3v) is 1.97. The van der Waals surface area contributed by atoms with Gasteiger partial charge in [-0.2, -0.15) is 0 Å². The van der Waals surface area contributed by atoms with Gasteiger partial charge in [-0.25, -0.2) is 4.79 Å². The molecule has 1 aliphatic rings. The van der Waals surface area contributed by atoms with Gasteiger partial charge < -0.3 is 9.84 Å². The van der Waals surface area contributed by atoms with Gasteiger partial charge in [-0.05, 0) is 0 Å². The molecule has 1 saturated heterocycles. The zero-order valence-corrected chi connectivity index (χ0v) is 7.35. The molecule has 4 nitrogen and oxygen atoms in total. The van der Waals surface area contributed by atoms with E-state index in [4.69, 9.17) is 4.74 Å². The first-order valence-electron chi connectivity index (χ1n) is 4.05. The molecule has 13 heavy (non-hydrogen) atoms. The van der Waals surface area contributed by atoms with Crippen LogP contribution < -0.4 is 0 Å². The summed E-state index contributed by atoms with van der Waals surface area (Å²) in [5.41, 5.74) is 0. The number of rotatable bonds is 4. The topological polar surface area (TPSA) is 49.8 Å². The van der Waals surface area contributed by atoms with Gasteiger partial charge in [0.05, 0.1) is 12.1 Å². The van der Waals surface area contributed by atoms with E-state index in [0.717, 1.165) is 0 Å². The van der Waals surface area contributed by atoms with Crippen LogP contribution in [0.15, 0.2) is 25.3 Å². The zero-order valence-electron chi connectivity index (χ0n) is 7.35. The lowest BCUT2D eigenvalue weighted by Gasteiger charge is -2.22. The van der Waals surface area contributed by atoms with Crippen molar-refractivity contribution in [2.45, 2.75) is 12.1 Å². The predicted octanol–water partition coefficient (Wildman–Crippen LogP) is 0.540. The number of carbonyl (C=O) groups is 1. The molecule has 1 amide bonds. The maximum absolute atomic E-state index is 11.1. The van der Waals surface area contributed by atoms with E-state index in [1.807, 2.05) is 0 Å². The Labute approximate surface area is 77.1 Å². The molecule has 1 heterocycles. The molecular weight excluding hydrogens is 170 g/mol. The van der Waals surface area contributed by atoms with Crippen LogP contribution in [0.2, 0.25) is 0 Å². The maximum atomic E-state index is 11.1. The van der Waals surface area contributed by atoms with E-state index in [1.54, 1.807) is 6.08 Å². The Hall–Kier alpha value is -1.29. The number of amides is 1. The minimum absolute atomic E-state index is 0.208. The summed E-state index contributed by atoms with van der Waals surface area (Å²) in [6.07, 6.45) is 1.83. The van der Waals surface area contributed by atoms with Crippen molar-refractivity contribution < 1.29 is 14.6 Å². The summed E-state index contributed by atoms with van der Waals surface area (Å²) < 4.78 is 4.79. The highest BCUT2D eigenvalue weighted by molar-refractivity contribution is 5.70. The molecule has 2 atom stereocenters. The molecule has 0 aliphatic carbocycles. The molecule has 4 heteroatoms. The first-order chi connectivity index (χ1) is 6.20. The fourth-order valence-corrected chi connectivity index (χ4v) is 1.25. The normalized spacial score (nSPS) is 23.9. The van der Waals surface area contributed by atoms with Crippen molar-refractivity contribution >= 4 is 6.09 Å². The molecule has 1 fully saturated rings. The van der Waals surface area contributed by atoms with Crippen LogP contribution in [-0.4, -0.2) is 41.4 Å². The lowest BCUT2D eigenvalue weighted by molar-refractivity contribution is 0.127. The molecule has 0 unspecified atom stereocenters. The molecule has 0 bridgehead atoms. The average Bonchev–Trinajstić information content (AvgIpc) is 2.48. The molecule has 0 aromatic carbocycles. The van der Waals surface area contributed by atoms with E-state index in [-0.39, 0.29) is 12.6 Å². The van der Waals surface area contributed by atoms with Gasteiger partial charge in [0.25, 0.3) is 0 Å². The smallest absolute Gasteiger partial charge is 0.410 e. The summed E-state index contributed by atoms with van der Waals surface area (Å²) in [7, 11) is 0. The van der Waals surface area contributed by atoms with Gasteiger partial charge in [-0.1, -0.05) is 12.2 Å². The Morgan fingerprint density at radius 3 is 3.00 bits per heavy atom. The molecule has 0 saturated carbocycles. The number of aliphatic hydroxyl groups excluding tert-OH is 1. The van der Waals surface area contributed by atoms with Gasteiger partial charge in [0.2, 0.25) is 0 Å². The number of nitrogens with zero attached hydrogens (tertiary/aromatic N) is 1. The van der Waals surface area contributed by atoms with E-state index in [0.29, 0.717) is 6.54 Å². The highest BCUT2D eigenvalue weighted by Crippen LogP contribution is 2.15. The van der Waals surface area contributed by atoms with E-state index in [1.165, 1.54) is 11.0 Å². The summed E-state index contributed by atoms with van der Waals surface area (Å²) in [4.78, 5) is 12.5. The van der Waals surface area contributed by atoms with Crippen molar-refractivity contribution in [3.8, 4) is 0 Å². The second-order valence-electron chi connectivity index (χ2n) is 2.81. The molecule has 1 aliphatic heterocycles. The quantitative estimate of drug-likeness (QED) is 0.647. The predicted molar refractivity (Wildman–Crippen MR) is 48.2 cm³/mol. The monoisotopic (exact) mass is 183 g/mol. The Bertz CT molecular complexity index is 227. The van der Waals surface area contributed by atoms with E-state index >= 15 is 0 Å². The second kappa shape index (κ2) is 4.09. The lowest BCUT2D eigenvalue weighted by Crippen LogP contribution is -2.41. The molecule has 0 aromatic heterocycles. The van der Waals surface area contributed by atoms with Gasteiger partial charge in [0.15, 0.2) is 0 Å². The van der Waals surface area contributed by atoms with Crippen molar-refractivity contribution in [3.63, 3.8) is 0 Å². The third kappa shape index (κ3) is 1.89. The Morgan fingerprint density at radius 1 is 1.77 bits per heavy atom. The number of cyclic esters (lactones) is 1. The molecule has 0 radical (unpaired) electrons. The Morgan fingerprint density at radius 2 is 2.46 bits per heavy atom. The number of carbonyl (C=O) groups excluding carboxylic acids is 1. The lowest BCUT2D eigenvalue weighted by atomic mass is 10.1. The average molecular weight is 183 g/mol. The first-order valence-corrected chi connectivity index (χ1v) is 4.05. The van der Waals surface area contributed by atoms with Gasteiger partial charge in [-0.15, -0.1) is 13.2 Å². The van der Waals surface area contributed by atoms with Gasteiger partial charge >= 0.3 is 6.09 Å². The largest absolute Gasteiger partial charge is 0.447 e. The van der Waals surface area contributed by atoms with Crippen molar-refractivity contribution in [3.05, 3.63) is 25.3 Å². The minimum Gasteiger partial charge on any atom is -0.447 e. The van der Waals surface area contributed by atoms with Crippen LogP contribution >= 0.6 is 0 Å². The highest BCUT2D eigenvalue weighted by Gasteiger charge is 2.35. The summed E-state index contributed by atoms with van der Waals surface area (Å²) in [6, 6.07) is -0.331. The van der Waals surface area contributed by atoms with Crippen LogP contribution in [0.25, 0.3) is 0 Å². The van der Waals surface area contributed by atoms with E-state index in [9.17, 15) is 9.90 Å². The fraction of sp³-hybridized carbons (Fsp3) is 0.444. The summed E-state index contributed by atoms with van der Waals surface area (Å²) >= 11 is 0. The van der Waals surface area contributed by atoms with Crippen LogP contribution in [0.3, 0.4) is 0 Å². The van der Waals surface area contributed by atoms with Crippen molar-refractivity contribution in [1.29, 1.82) is 0 Å². The van der Waals surface area contributed by atoms with Crippen molar-refractivity contribution in [2.75, 3.05) is 13.2 Å². The number of aliphatic hydroxyl groups is 1. The first kappa shape index (κ1) is 9.80. The van der Waals surface area contributed by atoms with E-state index in [2.05, 4.69) is 13.2 Å². The number of ether oxygens (including phenoxy) is 1. The van der Waals surface area contributed by atoms with Crippen molar-refractivity contribution in [2.24, 2.45) is 0 Å². The molecule has 0 aromatic rings. The molecule has 1 rings (SSSR count). The molecule has 1 N–H and O–H groups in total. The van der Waals surface area contributed by atoms with E-state index < -0.39 is 12.2 Å². The van der Waals surface area contributed by atoms with Crippen LogP contribution in [-0.2, 0) is 4.74 Å². The zero-order chi connectivity index (χ0) is 9.84. The maximum Gasteiger partial charge on any atom is 0.410 e. The Kier molecular flexibility index (Phi) is 3.08. The molecule has 72 valence electrons. The summed E-state index contributed by atoms with van der Waals surface area (Å²) in [5, 5.41) is 9.45. The summed E-state index contributed by atoms with van der Waals surface area (Å²) in [5.74, 6) is 0. The Balaban J connectivity index is 2.68. The van der Waals surface area contributed by atoms with Crippen molar-refractivity contribution in [1.82, 2.24) is 4.90 Å². The van der Waals surface area contributed by atoms with Crippen LogP contribution in [0.1, 0.15) is 0 Å². The minimum atomic E-state index is -0.744. The molecular formula is C9H13NO3. The fourth-order valence-electron chi connectivity index (χ4n) is 1.25. The van der Waals surface area contributed by atoms with Gasteiger partial charge in [-0.3, -0.25) is 4.90 Å². The van der Waals surface area contributed by atoms with Crippen LogP contribution in [0.4, 0.5) is 4.79 Å². The standard InChI is InChI=1S/C9H13NO3/c1-3-5-10-7(8(11)4-2)6-13-9(10)12/h3-4,7-8,11H,1-2,5-6H2/t7-,8+/m0/s1. The number of hydrogen-bond acceptors (Lipinski definition) is 3. The van der Waals surface area contributed by atoms with Crippen LogP contribution in [0, 0.1) is 0 Å². The number of hydrogen-bond donors (Lipinski definition) is 1. The highest BCUT2D eigenvalue weighted by atomic mass is 16.6. The van der Waals surface area contributed by atoms with Gasteiger partial charge in [0.1, 0.15) is 6.61 Å². The SMILES string of the molecule is C=CCN1C(=O)OC[C@H]1[C@H](O)C=C.